The number of aromatic amines is 1. The minimum absolute atomic E-state index is 0.198. The molecule has 0 unspecified atom stereocenters. The molecule has 0 saturated carbocycles. The number of para-hydroxylation sites is 1. The number of H-pyrrole nitrogens is 1. The van der Waals surface area contributed by atoms with Crippen LogP contribution in [0.4, 0.5) is 5.69 Å². The molecule has 0 fully saturated rings. The molecule has 0 atom stereocenters. The monoisotopic (exact) mass is 330 g/mol. The second-order valence-electron chi connectivity index (χ2n) is 5.38. The SMILES string of the molecule is O=C(Nc1ccc(Oc2ncccn2)cc1)c1cc2ccccc2[nH]1. The minimum atomic E-state index is -0.198. The molecule has 4 rings (SSSR count). The summed E-state index contributed by atoms with van der Waals surface area (Å²) < 4.78 is 5.52. The molecule has 0 aliphatic rings. The van der Waals surface area contributed by atoms with Crippen LogP contribution in [0.5, 0.6) is 11.8 Å². The molecule has 6 nitrogen and oxygen atoms in total. The van der Waals surface area contributed by atoms with E-state index < -0.39 is 0 Å². The van der Waals surface area contributed by atoms with Gasteiger partial charge in [0, 0.05) is 29.0 Å². The molecular weight excluding hydrogens is 316 g/mol. The first-order valence-electron chi connectivity index (χ1n) is 7.72. The van der Waals surface area contributed by atoms with Gasteiger partial charge in [-0.2, -0.15) is 0 Å². The van der Waals surface area contributed by atoms with Crippen molar-refractivity contribution in [1.82, 2.24) is 15.0 Å². The molecule has 2 aromatic carbocycles. The van der Waals surface area contributed by atoms with Gasteiger partial charge in [0.15, 0.2) is 0 Å². The van der Waals surface area contributed by atoms with E-state index in [0.29, 0.717) is 17.1 Å². The summed E-state index contributed by atoms with van der Waals surface area (Å²) in [5.74, 6) is 0.395. The molecule has 2 N–H and O–H groups in total. The van der Waals surface area contributed by atoms with Crippen LogP contribution in [0.3, 0.4) is 0 Å². The highest BCUT2D eigenvalue weighted by Crippen LogP contribution is 2.21. The van der Waals surface area contributed by atoms with Gasteiger partial charge in [0.1, 0.15) is 11.4 Å². The standard InChI is InChI=1S/C19H14N4O2/c24-18(17-12-13-4-1-2-5-16(13)23-17)22-14-6-8-15(9-7-14)25-19-20-10-3-11-21-19/h1-12,23H,(H,22,24). The quantitative estimate of drug-likeness (QED) is 0.592. The van der Waals surface area contributed by atoms with Gasteiger partial charge < -0.3 is 15.0 Å². The second-order valence-corrected chi connectivity index (χ2v) is 5.38. The Morgan fingerprint density at radius 2 is 1.72 bits per heavy atom. The number of fused-ring (bicyclic) bond motifs is 1. The molecule has 0 radical (unpaired) electrons. The molecule has 4 aromatic rings. The first-order chi connectivity index (χ1) is 12.3. The Labute approximate surface area is 143 Å². The summed E-state index contributed by atoms with van der Waals surface area (Å²) in [5, 5.41) is 3.85. The van der Waals surface area contributed by atoms with Crippen LogP contribution < -0.4 is 10.1 Å². The average molecular weight is 330 g/mol. The number of benzene rings is 2. The summed E-state index contributed by atoms with van der Waals surface area (Å²) in [6.45, 7) is 0. The van der Waals surface area contributed by atoms with Crippen LogP contribution in [-0.4, -0.2) is 20.9 Å². The Morgan fingerprint density at radius 1 is 0.960 bits per heavy atom. The van der Waals surface area contributed by atoms with E-state index in [-0.39, 0.29) is 11.9 Å². The number of ether oxygens (including phenoxy) is 1. The fourth-order valence-corrected chi connectivity index (χ4v) is 2.44. The van der Waals surface area contributed by atoms with Crippen LogP contribution >= 0.6 is 0 Å². The van der Waals surface area contributed by atoms with Gasteiger partial charge in [0.2, 0.25) is 0 Å². The van der Waals surface area contributed by atoms with E-state index in [1.165, 1.54) is 0 Å². The van der Waals surface area contributed by atoms with Gasteiger partial charge in [-0.25, -0.2) is 9.97 Å². The highest BCUT2D eigenvalue weighted by Gasteiger charge is 2.09. The zero-order valence-corrected chi connectivity index (χ0v) is 13.1. The molecule has 1 amide bonds. The lowest BCUT2D eigenvalue weighted by Gasteiger charge is -2.06. The van der Waals surface area contributed by atoms with E-state index in [1.54, 1.807) is 42.7 Å². The van der Waals surface area contributed by atoms with Crippen LogP contribution in [0.2, 0.25) is 0 Å². The van der Waals surface area contributed by atoms with Crippen LogP contribution in [0.25, 0.3) is 10.9 Å². The Balaban J connectivity index is 1.46. The van der Waals surface area contributed by atoms with Gasteiger partial charge in [0.25, 0.3) is 5.91 Å². The van der Waals surface area contributed by atoms with Crippen molar-refractivity contribution in [3.05, 3.63) is 78.8 Å². The molecule has 25 heavy (non-hydrogen) atoms. The summed E-state index contributed by atoms with van der Waals surface area (Å²) in [7, 11) is 0. The number of carbonyl (C=O) groups is 1. The molecule has 0 spiro atoms. The molecule has 0 saturated heterocycles. The molecule has 6 heteroatoms. The van der Waals surface area contributed by atoms with Crippen LogP contribution in [0.15, 0.2) is 73.1 Å². The molecule has 0 aliphatic heterocycles. The fourth-order valence-electron chi connectivity index (χ4n) is 2.44. The second kappa shape index (κ2) is 6.45. The summed E-state index contributed by atoms with van der Waals surface area (Å²) >= 11 is 0. The molecule has 0 bridgehead atoms. The summed E-state index contributed by atoms with van der Waals surface area (Å²) in [4.78, 5) is 23.5. The van der Waals surface area contributed by atoms with Gasteiger partial charge in [-0.3, -0.25) is 4.79 Å². The molecule has 0 aliphatic carbocycles. The van der Waals surface area contributed by atoms with Crippen molar-refractivity contribution < 1.29 is 9.53 Å². The lowest BCUT2D eigenvalue weighted by molar-refractivity contribution is 0.102. The van der Waals surface area contributed by atoms with Gasteiger partial charge in [-0.05, 0) is 42.5 Å². The Morgan fingerprint density at radius 3 is 2.48 bits per heavy atom. The molecule has 122 valence electrons. The number of aromatic nitrogens is 3. The lowest BCUT2D eigenvalue weighted by Crippen LogP contribution is -2.12. The maximum atomic E-state index is 12.4. The number of nitrogens with zero attached hydrogens (tertiary/aromatic N) is 2. The van der Waals surface area contributed by atoms with Crippen LogP contribution in [0, 0.1) is 0 Å². The zero-order valence-electron chi connectivity index (χ0n) is 13.1. The summed E-state index contributed by atoms with van der Waals surface area (Å²) in [5.41, 5.74) is 2.11. The maximum absolute atomic E-state index is 12.4. The van der Waals surface area contributed by atoms with E-state index >= 15 is 0 Å². The van der Waals surface area contributed by atoms with Crippen molar-refractivity contribution in [1.29, 1.82) is 0 Å². The number of carbonyl (C=O) groups excluding carboxylic acids is 1. The van der Waals surface area contributed by atoms with E-state index in [2.05, 4.69) is 20.3 Å². The molecule has 2 aromatic heterocycles. The highest BCUT2D eigenvalue weighted by molar-refractivity contribution is 6.05. The lowest BCUT2D eigenvalue weighted by atomic mass is 10.2. The number of amides is 1. The van der Waals surface area contributed by atoms with Crippen LogP contribution in [0.1, 0.15) is 10.5 Å². The predicted octanol–water partition coefficient (Wildman–Crippen LogP) is 4.00. The van der Waals surface area contributed by atoms with Crippen molar-refractivity contribution in [3.63, 3.8) is 0 Å². The normalized spacial score (nSPS) is 10.6. The van der Waals surface area contributed by atoms with Gasteiger partial charge in [-0.15, -0.1) is 0 Å². The Kier molecular flexibility index (Phi) is 3.84. The number of hydrogen-bond donors (Lipinski definition) is 2. The molecular formula is C19H14N4O2. The molecule has 2 heterocycles. The van der Waals surface area contributed by atoms with Crippen LogP contribution in [-0.2, 0) is 0 Å². The van der Waals surface area contributed by atoms with Gasteiger partial charge in [0.05, 0.1) is 0 Å². The third-order valence-corrected chi connectivity index (χ3v) is 3.64. The number of nitrogens with one attached hydrogen (secondary N) is 2. The van der Waals surface area contributed by atoms with Gasteiger partial charge in [-0.1, -0.05) is 18.2 Å². The smallest absolute Gasteiger partial charge is 0.321 e. The van der Waals surface area contributed by atoms with Crippen molar-refractivity contribution in [2.75, 3.05) is 5.32 Å². The fraction of sp³-hybridized carbons (Fsp3) is 0. The topological polar surface area (TPSA) is 79.9 Å². The van der Waals surface area contributed by atoms with Crippen molar-refractivity contribution in [3.8, 4) is 11.8 Å². The predicted molar refractivity (Wildman–Crippen MR) is 94.8 cm³/mol. The highest BCUT2D eigenvalue weighted by atomic mass is 16.5. The van der Waals surface area contributed by atoms with E-state index in [1.807, 2.05) is 30.3 Å². The van der Waals surface area contributed by atoms with Crippen molar-refractivity contribution in [2.24, 2.45) is 0 Å². The zero-order chi connectivity index (χ0) is 17.1. The Hall–Kier alpha value is -3.67. The van der Waals surface area contributed by atoms with Crippen molar-refractivity contribution in [2.45, 2.75) is 0 Å². The first kappa shape index (κ1) is 14.9. The Bertz CT molecular complexity index is 977. The van der Waals surface area contributed by atoms with E-state index in [0.717, 1.165) is 10.9 Å². The number of hydrogen-bond acceptors (Lipinski definition) is 4. The number of rotatable bonds is 4. The maximum Gasteiger partial charge on any atom is 0.321 e. The van der Waals surface area contributed by atoms with Gasteiger partial charge >= 0.3 is 6.01 Å². The van der Waals surface area contributed by atoms with Crippen molar-refractivity contribution >= 4 is 22.5 Å². The minimum Gasteiger partial charge on any atom is -0.424 e. The summed E-state index contributed by atoms with van der Waals surface area (Å²) in [6, 6.07) is 18.6. The van der Waals surface area contributed by atoms with E-state index in [4.69, 9.17) is 4.74 Å². The summed E-state index contributed by atoms with van der Waals surface area (Å²) in [6.07, 6.45) is 3.22. The average Bonchev–Trinajstić information content (AvgIpc) is 3.09. The first-order valence-corrected chi connectivity index (χ1v) is 7.72. The third kappa shape index (κ3) is 3.32. The largest absolute Gasteiger partial charge is 0.424 e. The number of anilines is 1. The van der Waals surface area contributed by atoms with E-state index in [9.17, 15) is 4.79 Å². The third-order valence-electron chi connectivity index (χ3n) is 3.64.